The smallest absolute Gasteiger partial charge is 0.0459 e. The zero-order valence-electron chi connectivity index (χ0n) is 12.2. The van der Waals surface area contributed by atoms with Gasteiger partial charge < -0.3 is 10.6 Å². The van der Waals surface area contributed by atoms with Gasteiger partial charge in [0.2, 0.25) is 0 Å². The maximum Gasteiger partial charge on any atom is 0.0459 e. The Hall–Kier alpha value is -0.730. The highest BCUT2D eigenvalue weighted by Gasteiger charge is 2.25. The third-order valence-electron chi connectivity index (χ3n) is 3.69. The monoisotopic (exact) mass is 280 g/mol. The van der Waals surface area contributed by atoms with Crippen LogP contribution in [0.5, 0.6) is 0 Å². The molecule has 2 rings (SSSR count). The van der Waals surface area contributed by atoms with Crippen LogP contribution in [0.3, 0.4) is 0 Å². The predicted octanol–water partition coefficient (Wildman–Crippen LogP) is 3.85. The second-order valence-corrected chi connectivity index (χ2v) is 6.55. The van der Waals surface area contributed by atoms with Crippen LogP contribution in [0.15, 0.2) is 18.2 Å². The molecule has 1 fully saturated rings. The van der Waals surface area contributed by atoms with E-state index in [4.69, 9.17) is 17.3 Å². The van der Waals surface area contributed by atoms with Crippen LogP contribution in [-0.2, 0) is 6.42 Å². The van der Waals surface area contributed by atoms with Crippen molar-refractivity contribution < 1.29 is 0 Å². The number of nitrogens with zero attached hydrogens (tertiary/aromatic N) is 1. The average molecular weight is 281 g/mol. The number of nitrogens with two attached hydrogens (primary N) is 1. The molecule has 0 amide bonds. The highest BCUT2D eigenvalue weighted by atomic mass is 35.5. The molecule has 3 heteroatoms. The van der Waals surface area contributed by atoms with Crippen molar-refractivity contribution in [1.29, 1.82) is 0 Å². The molecule has 1 aromatic carbocycles. The van der Waals surface area contributed by atoms with Gasteiger partial charge in [-0.05, 0) is 63.6 Å². The highest BCUT2D eigenvalue weighted by Crippen LogP contribution is 2.33. The predicted molar refractivity (Wildman–Crippen MR) is 84.0 cm³/mol. The van der Waals surface area contributed by atoms with Crippen LogP contribution in [0.25, 0.3) is 0 Å². The van der Waals surface area contributed by atoms with Crippen LogP contribution in [-0.4, -0.2) is 18.6 Å². The van der Waals surface area contributed by atoms with Crippen LogP contribution in [0.2, 0.25) is 5.02 Å². The summed E-state index contributed by atoms with van der Waals surface area (Å²) in [5.74, 6) is 0.880. The van der Waals surface area contributed by atoms with Gasteiger partial charge in [-0.25, -0.2) is 0 Å². The van der Waals surface area contributed by atoms with Crippen LogP contribution < -0.4 is 10.6 Å². The third kappa shape index (κ3) is 4.12. The fraction of sp³-hybridized carbons (Fsp3) is 0.625. The molecule has 2 nitrogen and oxygen atoms in total. The van der Waals surface area contributed by atoms with Crippen LogP contribution >= 0.6 is 11.6 Å². The lowest BCUT2D eigenvalue weighted by molar-refractivity contribution is 0.644. The second-order valence-electron chi connectivity index (χ2n) is 6.15. The summed E-state index contributed by atoms with van der Waals surface area (Å²) in [6.45, 7) is 7.65. The minimum Gasteiger partial charge on any atom is -0.369 e. The molecule has 1 unspecified atom stereocenters. The van der Waals surface area contributed by atoms with Gasteiger partial charge >= 0.3 is 0 Å². The maximum absolute atomic E-state index is 6.39. The molecule has 1 atom stereocenters. The molecule has 0 heterocycles. The van der Waals surface area contributed by atoms with Gasteiger partial charge in [0.05, 0.1) is 0 Å². The van der Waals surface area contributed by atoms with Gasteiger partial charge in [-0.15, -0.1) is 0 Å². The van der Waals surface area contributed by atoms with Gasteiger partial charge in [-0.2, -0.15) is 0 Å². The largest absolute Gasteiger partial charge is 0.369 e. The molecule has 0 spiro atoms. The van der Waals surface area contributed by atoms with Crippen molar-refractivity contribution in [2.75, 3.05) is 11.4 Å². The molecule has 1 aliphatic carbocycles. The van der Waals surface area contributed by atoms with E-state index < -0.39 is 0 Å². The Kier molecular flexibility index (Phi) is 4.75. The Balaban J connectivity index is 2.15. The summed E-state index contributed by atoms with van der Waals surface area (Å²) in [5.41, 5.74) is 8.23. The Labute approximate surface area is 121 Å². The van der Waals surface area contributed by atoms with E-state index in [-0.39, 0.29) is 6.04 Å². The van der Waals surface area contributed by atoms with E-state index in [1.165, 1.54) is 18.5 Å². The number of benzene rings is 1. The summed E-state index contributed by atoms with van der Waals surface area (Å²) in [6.07, 6.45) is 3.59. The molecule has 1 aliphatic rings. The first kappa shape index (κ1) is 14.7. The van der Waals surface area contributed by atoms with Crippen molar-refractivity contribution in [3.8, 4) is 0 Å². The summed E-state index contributed by atoms with van der Waals surface area (Å²) in [6, 6.07) is 7.07. The molecule has 2 N–H and O–H groups in total. The number of hydrogen-bond acceptors (Lipinski definition) is 2. The summed E-state index contributed by atoms with van der Waals surface area (Å²) in [4.78, 5) is 2.46. The van der Waals surface area contributed by atoms with E-state index in [0.717, 1.165) is 29.5 Å². The van der Waals surface area contributed by atoms with Crippen molar-refractivity contribution in [2.24, 2.45) is 11.7 Å². The van der Waals surface area contributed by atoms with E-state index in [0.29, 0.717) is 6.04 Å². The van der Waals surface area contributed by atoms with E-state index in [2.05, 4.69) is 36.9 Å². The van der Waals surface area contributed by atoms with Gasteiger partial charge in [-0.1, -0.05) is 17.7 Å². The van der Waals surface area contributed by atoms with E-state index in [9.17, 15) is 0 Å². The lowest BCUT2D eigenvalue weighted by atomic mass is 10.1. The summed E-state index contributed by atoms with van der Waals surface area (Å²) in [5, 5.41) is 0.844. The standard InChI is InChI=1S/C16H25ClN2/c1-11(2)19(10-13-4-5-13)15-7-6-14(8-12(3)18)16(17)9-15/h6-7,9,11-13H,4-5,8,10,18H2,1-3H3. The molecule has 0 radical (unpaired) electrons. The Morgan fingerprint density at radius 3 is 2.47 bits per heavy atom. The third-order valence-corrected chi connectivity index (χ3v) is 4.04. The minimum absolute atomic E-state index is 0.149. The Morgan fingerprint density at radius 2 is 2.00 bits per heavy atom. The number of halogens is 1. The van der Waals surface area contributed by atoms with Gasteiger partial charge in [0.1, 0.15) is 0 Å². The van der Waals surface area contributed by atoms with E-state index in [1.54, 1.807) is 0 Å². The first-order chi connectivity index (χ1) is 8.97. The van der Waals surface area contributed by atoms with Crippen molar-refractivity contribution in [3.63, 3.8) is 0 Å². The van der Waals surface area contributed by atoms with Gasteiger partial charge in [-0.3, -0.25) is 0 Å². The quantitative estimate of drug-likeness (QED) is 0.857. The van der Waals surface area contributed by atoms with Crippen LogP contribution in [0.4, 0.5) is 5.69 Å². The number of hydrogen-bond donors (Lipinski definition) is 1. The number of anilines is 1. The van der Waals surface area contributed by atoms with Gasteiger partial charge in [0.15, 0.2) is 0 Å². The Bertz CT molecular complexity index is 425. The molecule has 1 aromatic rings. The zero-order chi connectivity index (χ0) is 14.0. The van der Waals surface area contributed by atoms with Crippen molar-refractivity contribution in [2.45, 2.75) is 52.1 Å². The summed E-state index contributed by atoms with van der Waals surface area (Å²) in [7, 11) is 0. The minimum atomic E-state index is 0.149. The molecular formula is C16H25ClN2. The molecule has 0 aromatic heterocycles. The molecular weight excluding hydrogens is 256 g/mol. The first-order valence-corrected chi connectivity index (χ1v) is 7.65. The summed E-state index contributed by atoms with van der Waals surface area (Å²) >= 11 is 6.39. The van der Waals surface area contributed by atoms with Crippen LogP contribution in [0, 0.1) is 5.92 Å². The molecule has 1 saturated carbocycles. The van der Waals surface area contributed by atoms with Gasteiger partial charge in [0.25, 0.3) is 0 Å². The van der Waals surface area contributed by atoms with Crippen LogP contribution in [0.1, 0.15) is 39.2 Å². The normalized spacial score (nSPS) is 16.7. The fourth-order valence-electron chi connectivity index (χ4n) is 2.42. The fourth-order valence-corrected chi connectivity index (χ4v) is 2.67. The highest BCUT2D eigenvalue weighted by molar-refractivity contribution is 6.31. The average Bonchev–Trinajstić information content (AvgIpc) is 3.12. The van der Waals surface area contributed by atoms with Crippen molar-refractivity contribution in [1.82, 2.24) is 0 Å². The zero-order valence-corrected chi connectivity index (χ0v) is 13.0. The molecule has 0 saturated heterocycles. The molecule has 0 bridgehead atoms. The van der Waals surface area contributed by atoms with Crippen molar-refractivity contribution in [3.05, 3.63) is 28.8 Å². The molecule has 19 heavy (non-hydrogen) atoms. The lowest BCUT2D eigenvalue weighted by Gasteiger charge is -2.29. The topological polar surface area (TPSA) is 29.3 Å². The van der Waals surface area contributed by atoms with Crippen molar-refractivity contribution >= 4 is 17.3 Å². The maximum atomic E-state index is 6.39. The van der Waals surface area contributed by atoms with Gasteiger partial charge in [0, 0.05) is 29.3 Å². The van der Waals surface area contributed by atoms with E-state index >= 15 is 0 Å². The van der Waals surface area contributed by atoms with E-state index in [1.807, 2.05) is 6.92 Å². The molecule has 0 aliphatic heterocycles. The second kappa shape index (κ2) is 6.15. The molecule has 106 valence electrons. The number of rotatable bonds is 6. The lowest BCUT2D eigenvalue weighted by Crippen LogP contribution is -2.32. The summed E-state index contributed by atoms with van der Waals surface area (Å²) < 4.78 is 0. The SMILES string of the molecule is CC(N)Cc1ccc(N(CC2CC2)C(C)C)cc1Cl. The Morgan fingerprint density at radius 1 is 1.32 bits per heavy atom. The first-order valence-electron chi connectivity index (χ1n) is 7.28.